The monoisotopic (exact) mass is 260 g/mol. The van der Waals surface area contributed by atoms with Gasteiger partial charge in [-0.2, -0.15) is 5.26 Å². The molecule has 1 aliphatic rings. The van der Waals surface area contributed by atoms with Crippen molar-refractivity contribution in [3.8, 4) is 6.07 Å². The van der Waals surface area contributed by atoms with E-state index in [0.29, 0.717) is 25.1 Å². The number of ketones is 1. The lowest BCUT2D eigenvalue weighted by atomic mass is 9.91. The first-order valence-electron chi connectivity index (χ1n) is 6.10. The second kappa shape index (κ2) is 5.61. The second-order valence-corrected chi connectivity index (χ2v) is 4.47. The summed E-state index contributed by atoms with van der Waals surface area (Å²) in [5.41, 5.74) is 0.458. The van der Waals surface area contributed by atoms with Crippen LogP contribution in [0.1, 0.15) is 19.3 Å². The van der Waals surface area contributed by atoms with E-state index >= 15 is 0 Å². The van der Waals surface area contributed by atoms with E-state index in [4.69, 9.17) is 5.26 Å². The Balaban J connectivity index is 2.21. The van der Waals surface area contributed by atoms with Crippen molar-refractivity contribution in [3.63, 3.8) is 0 Å². The molecule has 4 nitrogen and oxygen atoms in total. The molecule has 0 spiro atoms. The minimum atomic E-state index is -0.767. The van der Waals surface area contributed by atoms with Gasteiger partial charge in [-0.05, 0) is 31.0 Å². The van der Waals surface area contributed by atoms with Gasteiger partial charge >= 0.3 is 0 Å². The molecule has 0 saturated carbocycles. The molecule has 2 rings (SSSR count). The molecule has 1 aliphatic heterocycles. The van der Waals surface area contributed by atoms with Crippen molar-refractivity contribution in [1.29, 1.82) is 5.26 Å². The zero-order valence-electron chi connectivity index (χ0n) is 10.3. The van der Waals surface area contributed by atoms with Gasteiger partial charge in [0.1, 0.15) is 5.82 Å². The summed E-state index contributed by atoms with van der Waals surface area (Å²) < 4.78 is 13.2. The van der Waals surface area contributed by atoms with Crippen LogP contribution in [0.4, 0.5) is 10.1 Å². The van der Waals surface area contributed by atoms with Crippen LogP contribution in [0.15, 0.2) is 24.3 Å². The molecule has 19 heavy (non-hydrogen) atoms. The zero-order valence-corrected chi connectivity index (χ0v) is 10.3. The normalized spacial score (nSPS) is 19.1. The van der Waals surface area contributed by atoms with Crippen molar-refractivity contribution in [2.45, 2.75) is 19.3 Å². The topological polar surface area (TPSA) is 61.2 Å². The number of piperidine rings is 1. The SMILES string of the molecule is N#CCC(=O)[C@@H]1CCCN(c2cccc(F)c2)C1=O. The fourth-order valence-corrected chi connectivity index (χ4v) is 2.28. The Bertz CT molecular complexity index is 551. The largest absolute Gasteiger partial charge is 0.312 e. The predicted octanol–water partition coefficient (Wildman–Crippen LogP) is 2.05. The summed E-state index contributed by atoms with van der Waals surface area (Å²) in [6.07, 6.45) is 0.878. The number of nitrogens with zero attached hydrogens (tertiary/aromatic N) is 2. The summed E-state index contributed by atoms with van der Waals surface area (Å²) in [7, 11) is 0. The van der Waals surface area contributed by atoms with Crippen LogP contribution in [-0.4, -0.2) is 18.2 Å². The van der Waals surface area contributed by atoms with Crippen molar-refractivity contribution in [3.05, 3.63) is 30.1 Å². The number of halogens is 1. The van der Waals surface area contributed by atoms with Gasteiger partial charge in [0.15, 0.2) is 5.78 Å². The maximum absolute atomic E-state index is 13.2. The van der Waals surface area contributed by atoms with E-state index in [-0.39, 0.29) is 18.1 Å². The summed E-state index contributed by atoms with van der Waals surface area (Å²) in [5.74, 6) is -1.88. The van der Waals surface area contributed by atoms with E-state index in [1.54, 1.807) is 12.1 Å². The van der Waals surface area contributed by atoms with Crippen molar-refractivity contribution in [2.24, 2.45) is 5.92 Å². The Morgan fingerprint density at radius 2 is 2.32 bits per heavy atom. The lowest BCUT2D eigenvalue weighted by Gasteiger charge is -2.31. The smallest absolute Gasteiger partial charge is 0.237 e. The maximum atomic E-state index is 13.2. The number of hydrogen-bond donors (Lipinski definition) is 0. The summed E-state index contributed by atoms with van der Waals surface area (Å²) in [6, 6.07) is 7.51. The van der Waals surface area contributed by atoms with Gasteiger partial charge in [-0.25, -0.2) is 4.39 Å². The zero-order chi connectivity index (χ0) is 13.8. The lowest BCUT2D eigenvalue weighted by molar-refractivity contribution is -0.133. The molecule has 0 N–H and O–H groups in total. The first kappa shape index (κ1) is 13.2. The van der Waals surface area contributed by atoms with Gasteiger partial charge in [0.25, 0.3) is 0 Å². The highest BCUT2D eigenvalue weighted by atomic mass is 19.1. The molecule has 1 atom stereocenters. The molecule has 5 heteroatoms. The number of carbonyl (C=O) groups is 2. The highest BCUT2D eigenvalue weighted by Crippen LogP contribution is 2.26. The van der Waals surface area contributed by atoms with E-state index in [9.17, 15) is 14.0 Å². The van der Waals surface area contributed by atoms with Crippen LogP contribution in [-0.2, 0) is 9.59 Å². The van der Waals surface area contributed by atoms with Gasteiger partial charge in [0.2, 0.25) is 5.91 Å². The highest BCUT2D eigenvalue weighted by Gasteiger charge is 2.34. The third-order valence-corrected chi connectivity index (χ3v) is 3.20. The summed E-state index contributed by atoms with van der Waals surface area (Å²) in [6.45, 7) is 0.471. The van der Waals surface area contributed by atoms with Gasteiger partial charge in [0, 0.05) is 12.2 Å². The Hall–Kier alpha value is -2.22. The number of rotatable bonds is 3. The van der Waals surface area contributed by atoms with Crippen molar-refractivity contribution < 1.29 is 14.0 Å². The molecule has 0 radical (unpaired) electrons. The standard InChI is InChI=1S/C14H13FN2O2/c15-10-3-1-4-11(9-10)17-8-2-5-12(14(17)19)13(18)6-7-16/h1,3-4,9,12H,2,5-6,8H2/t12-/m0/s1. The fourth-order valence-electron chi connectivity index (χ4n) is 2.28. The Labute approximate surface area is 110 Å². The number of Topliss-reactive ketones (excluding diaryl/α,β-unsaturated/α-hetero) is 1. The van der Waals surface area contributed by atoms with E-state index in [2.05, 4.69) is 0 Å². The summed E-state index contributed by atoms with van der Waals surface area (Å²) in [5, 5.41) is 8.53. The van der Waals surface area contributed by atoms with E-state index in [1.807, 2.05) is 0 Å². The summed E-state index contributed by atoms with van der Waals surface area (Å²) in [4.78, 5) is 25.4. The maximum Gasteiger partial charge on any atom is 0.237 e. The third-order valence-electron chi connectivity index (χ3n) is 3.20. The molecule has 0 unspecified atom stereocenters. The van der Waals surface area contributed by atoms with Crippen LogP contribution in [0.25, 0.3) is 0 Å². The minimum Gasteiger partial charge on any atom is -0.312 e. The van der Waals surface area contributed by atoms with Gasteiger partial charge < -0.3 is 4.90 Å². The Kier molecular flexibility index (Phi) is 3.91. The third kappa shape index (κ3) is 2.79. The van der Waals surface area contributed by atoms with Crippen LogP contribution in [0.3, 0.4) is 0 Å². The van der Waals surface area contributed by atoms with Crippen LogP contribution in [0, 0.1) is 23.1 Å². The molecule has 0 bridgehead atoms. The minimum absolute atomic E-state index is 0.257. The number of benzene rings is 1. The molecular formula is C14H13FN2O2. The average molecular weight is 260 g/mol. The Morgan fingerprint density at radius 1 is 1.53 bits per heavy atom. The molecule has 1 amide bonds. The van der Waals surface area contributed by atoms with Gasteiger partial charge in [-0.15, -0.1) is 0 Å². The molecule has 1 aromatic carbocycles. The number of carbonyl (C=O) groups excluding carboxylic acids is 2. The predicted molar refractivity (Wildman–Crippen MR) is 66.7 cm³/mol. The molecule has 1 heterocycles. The van der Waals surface area contributed by atoms with E-state index < -0.39 is 11.7 Å². The highest BCUT2D eigenvalue weighted by molar-refractivity contribution is 6.09. The number of anilines is 1. The molecular weight excluding hydrogens is 247 g/mol. The van der Waals surface area contributed by atoms with Gasteiger partial charge in [0.05, 0.1) is 18.4 Å². The average Bonchev–Trinajstić information content (AvgIpc) is 2.39. The van der Waals surface area contributed by atoms with Gasteiger partial charge in [-0.3, -0.25) is 9.59 Å². The van der Waals surface area contributed by atoms with Crippen LogP contribution in [0.5, 0.6) is 0 Å². The van der Waals surface area contributed by atoms with Crippen LogP contribution >= 0.6 is 0 Å². The quantitative estimate of drug-likeness (QED) is 0.781. The van der Waals surface area contributed by atoms with Crippen molar-refractivity contribution in [1.82, 2.24) is 0 Å². The number of nitriles is 1. The van der Waals surface area contributed by atoms with E-state index in [0.717, 1.165) is 0 Å². The molecule has 1 aromatic rings. The molecule has 1 saturated heterocycles. The fraction of sp³-hybridized carbons (Fsp3) is 0.357. The molecule has 98 valence electrons. The molecule has 0 aliphatic carbocycles. The Morgan fingerprint density at radius 3 is 3.00 bits per heavy atom. The van der Waals surface area contributed by atoms with Crippen molar-refractivity contribution in [2.75, 3.05) is 11.4 Å². The second-order valence-electron chi connectivity index (χ2n) is 4.47. The first-order valence-corrected chi connectivity index (χ1v) is 6.10. The van der Waals surface area contributed by atoms with Gasteiger partial charge in [-0.1, -0.05) is 6.07 Å². The lowest BCUT2D eigenvalue weighted by Crippen LogP contribution is -2.44. The summed E-state index contributed by atoms with van der Waals surface area (Å²) >= 11 is 0. The number of hydrogen-bond acceptors (Lipinski definition) is 3. The number of amides is 1. The molecule has 1 fully saturated rings. The molecule has 0 aromatic heterocycles. The first-order chi connectivity index (χ1) is 9.13. The van der Waals surface area contributed by atoms with Crippen LogP contribution < -0.4 is 4.90 Å². The van der Waals surface area contributed by atoms with Crippen molar-refractivity contribution >= 4 is 17.4 Å². The van der Waals surface area contributed by atoms with Crippen LogP contribution in [0.2, 0.25) is 0 Å². The van der Waals surface area contributed by atoms with E-state index in [1.165, 1.54) is 23.1 Å².